The normalized spacial score (nSPS) is 19.4. The van der Waals surface area contributed by atoms with E-state index >= 15 is 0 Å². The Labute approximate surface area is 174 Å². The van der Waals surface area contributed by atoms with Crippen molar-refractivity contribution >= 4 is 22.8 Å². The Bertz CT molecular complexity index is 1030. The SMILES string of the molecule is CC(C)c1[nH]nc2c(NCc3cc(F)ccc3O)nc(NC3CCC(N)CC3)nc12. The number of hydrogen-bond acceptors (Lipinski definition) is 7. The number of phenols is 1. The van der Waals surface area contributed by atoms with Crippen LogP contribution in [-0.4, -0.2) is 37.4 Å². The molecule has 1 aromatic carbocycles. The van der Waals surface area contributed by atoms with Gasteiger partial charge in [-0.15, -0.1) is 0 Å². The molecule has 0 saturated heterocycles. The Hall–Kier alpha value is -2.94. The number of phenolic OH excluding ortho intramolecular Hbond substituents is 1. The van der Waals surface area contributed by atoms with Gasteiger partial charge < -0.3 is 21.5 Å². The average molecular weight is 414 g/mol. The lowest BCUT2D eigenvalue weighted by Crippen LogP contribution is -2.33. The zero-order valence-electron chi connectivity index (χ0n) is 17.2. The van der Waals surface area contributed by atoms with Crippen LogP contribution in [0.4, 0.5) is 16.2 Å². The van der Waals surface area contributed by atoms with E-state index in [-0.39, 0.29) is 30.3 Å². The van der Waals surface area contributed by atoms with Crippen LogP contribution in [-0.2, 0) is 6.54 Å². The molecule has 8 nitrogen and oxygen atoms in total. The quantitative estimate of drug-likeness (QED) is 0.418. The van der Waals surface area contributed by atoms with Crippen molar-refractivity contribution in [2.45, 2.75) is 64.1 Å². The van der Waals surface area contributed by atoms with Gasteiger partial charge >= 0.3 is 0 Å². The molecule has 0 atom stereocenters. The maximum atomic E-state index is 13.6. The van der Waals surface area contributed by atoms with Gasteiger partial charge in [0.25, 0.3) is 0 Å². The number of aromatic amines is 1. The predicted molar refractivity (Wildman–Crippen MR) is 115 cm³/mol. The van der Waals surface area contributed by atoms with Crippen molar-refractivity contribution in [3.8, 4) is 5.75 Å². The first-order chi connectivity index (χ1) is 14.4. The van der Waals surface area contributed by atoms with E-state index in [0.29, 0.717) is 22.8 Å². The summed E-state index contributed by atoms with van der Waals surface area (Å²) in [6.45, 7) is 4.35. The van der Waals surface area contributed by atoms with Crippen LogP contribution in [0.5, 0.6) is 5.75 Å². The third-order valence-electron chi connectivity index (χ3n) is 5.60. The number of aromatic hydroxyl groups is 1. The highest BCUT2D eigenvalue weighted by Gasteiger charge is 2.21. The fourth-order valence-electron chi connectivity index (χ4n) is 3.83. The molecule has 0 aliphatic heterocycles. The average Bonchev–Trinajstić information content (AvgIpc) is 3.14. The van der Waals surface area contributed by atoms with Gasteiger partial charge in [0.2, 0.25) is 5.95 Å². The van der Waals surface area contributed by atoms with Gasteiger partial charge in [-0.3, -0.25) is 5.10 Å². The maximum absolute atomic E-state index is 13.6. The van der Waals surface area contributed by atoms with E-state index in [9.17, 15) is 9.50 Å². The summed E-state index contributed by atoms with van der Waals surface area (Å²) in [6, 6.07) is 4.41. The van der Waals surface area contributed by atoms with Gasteiger partial charge in [0.15, 0.2) is 11.3 Å². The minimum absolute atomic E-state index is 0.0241. The van der Waals surface area contributed by atoms with Crippen LogP contribution < -0.4 is 16.4 Å². The molecular formula is C21H28FN7O. The number of aromatic nitrogens is 4. The molecule has 3 aromatic rings. The predicted octanol–water partition coefficient (Wildman–Crippen LogP) is 3.61. The molecule has 0 spiro atoms. The summed E-state index contributed by atoms with van der Waals surface area (Å²) >= 11 is 0. The number of benzene rings is 1. The number of anilines is 2. The standard InChI is InChI=1S/C21H28FN7O/c1-11(2)17-18-19(29-28-17)20(24-10-12-9-13(22)3-8-16(12)30)27-21(26-18)25-15-6-4-14(23)5-7-15/h3,8-9,11,14-15,30H,4-7,10,23H2,1-2H3,(H,28,29)(H2,24,25,26,27). The molecule has 1 aliphatic carbocycles. The third kappa shape index (κ3) is 4.30. The van der Waals surface area contributed by atoms with Gasteiger partial charge in [0.05, 0.1) is 5.69 Å². The van der Waals surface area contributed by atoms with Crippen LogP contribution in [0.15, 0.2) is 18.2 Å². The van der Waals surface area contributed by atoms with Crippen molar-refractivity contribution in [1.29, 1.82) is 0 Å². The summed E-state index contributed by atoms with van der Waals surface area (Å²) in [6.07, 6.45) is 3.91. The second kappa shape index (κ2) is 8.43. The summed E-state index contributed by atoms with van der Waals surface area (Å²) in [7, 11) is 0. The number of H-pyrrole nitrogens is 1. The van der Waals surface area contributed by atoms with Crippen molar-refractivity contribution < 1.29 is 9.50 Å². The summed E-state index contributed by atoms with van der Waals surface area (Å²) in [5.74, 6) is 0.887. The lowest BCUT2D eigenvalue weighted by molar-refractivity contribution is 0.410. The van der Waals surface area contributed by atoms with Crippen LogP contribution in [0.25, 0.3) is 11.0 Å². The lowest BCUT2D eigenvalue weighted by atomic mass is 9.92. The minimum Gasteiger partial charge on any atom is -0.508 e. The summed E-state index contributed by atoms with van der Waals surface area (Å²) < 4.78 is 13.6. The van der Waals surface area contributed by atoms with E-state index in [4.69, 9.17) is 10.7 Å². The van der Waals surface area contributed by atoms with Crippen molar-refractivity contribution in [2.75, 3.05) is 10.6 Å². The Kier molecular flexibility index (Phi) is 5.72. The van der Waals surface area contributed by atoms with Crippen molar-refractivity contribution in [2.24, 2.45) is 5.73 Å². The van der Waals surface area contributed by atoms with Crippen molar-refractivity contribution in [3.05, 3.63) is 35.3 Å². The first-order valence-corrected chi connectivity index (χ1v) is 10.4. The number of fused-ring (bicyclic) bond motifs is 1. The number of nitrogens with two attached hydrogens (primary N) is 1. The van der Waals surface area contributed by atoms with E-state index in [2.05, 4.69) is 39.7 Å². The molecule has 2 heterocycles. The molecule has 1 fully saturated rings. The molecule has 0 amide bonds. The monoisotopic (exact) mass is 413 g/mol. The smallest absolute Gasteiger partial charge is 0.225 e. The van der Waals surface area contributed by atoms with Crippen LogP contribution in [0.1, 0.15) is 56.7 Å². The molecule has 2 aromatic heterocycles. The van der Waals surface area contributed by atoms with E-state index in [1.807, 2.05) is 0 Å². The van der Waals surface area contributed by atoms with Crippen molar-refractivity contribution in [3.63, 3.8) is 0 Å². The molecule has 30 heavy (non-hydrogen) atoms. The van der Waals surface area contributed by atoms with Gasteiger partial charge in [-0.25, -0.2) is 9.37 Å². The Morgan fingerprint density at radius 1 is 1.20 bits per heavy atom. The van der Waals surface area contributed by atoms with Gasteiger partial charge in [0.1, 0.15) is 17.1 Å². The highest BCUT2D eigenvalue weighted by atomic mass is 19.1. The van der Waals surface area contributed by atoms with E-state index < -0.39 is 5.82 Å². The molecule has 1 aliphatic rings. The second-order valence-corrected chi connectivity index (χ2v) is 8.27. The molecule has 1 saturated carbocycles. The maximum Gasteiger partial charge on any atom is 0.225 e. The van der Waals surface area contributed by atoms with Gasteiger partial charge in [0, 0.05) is 24.2 Å². The zero-order chi connectivity index (χ0) is 21.3. The van der Waals surface area contributed by atoms with E-state index in [1.54, 1.807) is 0 Å². The third-order valence-corrected chi connectivity index (χ3v) is 5.60. The number of nitrogens with zero attached hydrogens (tertiary/aromatic N) is 3. The van der Waals surface area contributed by atoms with Crippen LogP contribution in [0, 0.1) is 5.82 Å². The molecule has 0 bridgehead atoms. The van der Waals surface area contributed by atoms with Crippen LogP contribution in [0.3, 0.4) is 0 Å². The molecule has 6 N–H and O–H groups in total. The summed E-state index contributed by atoms with van der Waals surface area (Å²) in [4.78, 5) is 9.35. The topological polar surface area (TPSA) is 125 Å². The summed E-state index contributed by atoms with van der Waals surface area (Å²) in [5.41, 5.74) is 8.75. The number of nitrogens with one attached hydrogen (secondary N) is 3. The first kappa shape index (κ1) is 20.3. The number of halogens is 1. The zero-order valence-corrected chi connectivity index (χ0v) is 17.2. The Balaban J connectivity index is 1.64. The molecule has 4 rings (SSSR count). The van der Waals surface area contributed by atoms with Gasteiger partial charge in [-0.1, -0.05) is 13.8 Å². The Morgan fingerprint density at radius 2 is 1.97 bits per heavy atom. The number of hydrogen-bond donors (Lipinski definition) is 5. The fourth-order valence-corrected chi connectivity index (χ4v) is 3.83. The van der Waals surface area contributed by atoms with Gasteiger partial charge in [-0.05, 0) is 49.8 Å². The number of rotatable bonds is 6. The van der Waals surface area contributed by atoms with Gasteiger partial charge in [-0.2, -0.15) is 10.1 Å². The molecule has 0 radical (unpaired) electrons. The lowest BCUT2D eigenvalue weighted by Gasteiger charge is -2.26. The molecule has 0 unspecified atom stereocenters. The van der Waals surface area contributed by atoms with E-state index in [1.165, 1.54) is 18.2 Å². The van der Waals surface area contributed by atoms with E-state index in [0.717, 1.165) is 36.9 Å². The van der Waals surface area contributed by atoms with Crippen molar-refractivity contribution in [1.82, 2.24) is 20.2 Å². The highest BCUT2D eigenvalue weighted by Crippen LogP contribution is 2.29. The van der Waals surface area contributed by atoms with Crippen LogP contribution >= 0.6 is 0 Å². The first-order valence-electron chi connectivity index (χ1n) is 10.4. The molecule has 9 heteroatoms. The second-order valence-electron chi connectivity index (χ2n) is 8.27. The highest BCUT2D eigenvalue weighted by molar-refractivity contribution is 5.88. The largest absolute Gasteiger partial charge is 0.508 e. The fraction of sp³-hybridized carbons (Fsp3) is 0.476. The van der Waals surface area contributed by atoms with Crippen LogP contribution in [0.2, 0.25) is 0 Å². The minimum atomic E-state index is -0.405. The molecule has 160 valence electrons. The Morgan fingerprint density at radius 3 is 2.70 bits per heavy atom. The summed E-state index contributed by atoms with van der Waals surface area (Å²) in [5, 5.41) is 24.1. The molecular weight excluding hydrogens is 385 g/mol.